The molecule has 1 unspecified atom stereocenters. The van der Waals surface area contributed by atoms with Crippen molar-refractivity contribution in [2.24, 2.45) is 5.92 Å². The number of carbonyl (C=O) groups is 2. The van der Waals surface area contributed by atoms with E-state index < -0.39 is 0 Å². The molecule has 0 aliphatic carbocycles. The summed E-state index contributed by atoms with van der Waals surface area (Å²) in [5.74, 6) is 0.533. The second-order valence-corrected chi connectivity index (χ2v) is 7.63. The molecule has 1 saturated heterocycles. The molecule has 138 valence electrons. The van der Waals surface area contributed by atoms with E-state index in [1.807, 2.05) is 41.8 Å². The zero-order valence-corrected chi connectivity index (χ0v) is 15.7. The van der Waals surface area contributed by atoms with Crippen LogP contribution in [0, 0.1) is 5.92 Å². The van der Waals surface area contributed by atoms with Gasteiger partial charge in [-0.25, -0.2) is 0 Å². The molecule has 1 aliphatic heterocycles. The highest BCUT2D eigenvalue weighted by atomic mass is 32.1. The minimum Gasteiger partial charge on any atom is -0.381 e. The van der Waals surface area contributed by atoms with Crippen molar-refractivity contribution in [1.82, 2.24) is 5.32 Å². The monoisotopic (exact) mass is 371 g/mol. The first kappa shape index (κ1) is 18.8. The van der Waals surface area contributed by atoms with Crippen LogP contribution in [0.25, 0.3) is 0 Å². The molecular weight excluding hydrogens is 346 g/mol. The van der Waals surface area contributed by atoms with E-state index in [-0.39, 0.29) is 17.7 Å². The number of ketones is 1. The van der Waals surface area contributed by atoms with Gasteiger partial charge in [0.1, 0.15) is 0 Å². The quantitative estimate of drug-likeness (QED) is 0.701. The summed E-state index contributed by atoms with van der Waals surface area (Å²) in [7, 11) is 0. The number of thiophene rings is 1. The Morgan fingerprint density at radius 1 is 1.08 bits per heavy atom. The number of ether oxygens (including phenoxy) is 1. The Hall–Kier alpha value is -1.98. The van der Waals surface area contributed by atoms with Gasteiger partial charge in [-0.05, 0) is 36.6 Å². The molecule has 1 N–H and O–H groups in total. The van der Waals surface area contributed by atoms with Crippen molar-refractivity contribution in [3.63, 3.8) is 0 Å². The number of hydrogen-bond donors (Lipinski definition) is 1. The third-order valence-corrected chi connectivity index (χ3v) is 5.76. The molecule has 1 atom stereocenters. The highest BCUT2D eigenvalue weighted by Gasteiger charge is 2.27. The molecule has 26 heavy (non-hydrogen) atoms. The fraction of sp³-hybridized carbons (Fsp3) is 0.429. The summed E-state index contributed by atoms with van der Waals surface area (Å²) in [4.78, 5) is 25.8. The number of nitrogens with one attached hydrogen (secondary N) is 1. The zero-order valence-electron chi connectivity index (χ0n) is 14.9. The van der Waals surface area contributed by atoms with E-state index in [9.17, 15) is 9.59 Å². The van der Waals surface area contributed by atoms with Crippen LogP contribution < -0.4 is 5.32 Å². The summed E-state index contributed by atoms with van der Waals surface area (Å²) >= 11 is 1.68. The van der Waals surface area contributed by atoms with E-state index in [1.165, 1.54) is 4.88 Å². The number of carbonyl (C=O) groups excluding carboxylic acids is 2. The number of amides is 1. The van der Waals surface area contributed by atoms with Crippen molar-refractivity contribution in [2.45, 2.75) is 38.1 Å². The summed E-state index contributed by atoms with van der Waals surface area (Å²) in [6, 6.07) is 13.4. The van der Waals surface area contributed by atoms with Gasteiger partial charge >= 0.3 is 0 Å². The van der Waals surface area contributed by atoms with Crippen molar-refractivity contribution in [3.8, 4) is 0 Å². The maximum Gasteiger partial charge on any atom is 0.220 e. The number of benzene rings is 1. The molecule has 4 nitrogen and oxygen atoms in total. The first-order chi connectivity index (χ1) is 12.7. The van der Waals surface area contributed by atoms with Gasteiger partial charge in [-0.15, -0.1) is 11.3 Å². The second-order valence-electron chi connectivity index (χ2n) is 6.65. The molecule has 1 amide bonds. The van der Waals surface area contributed by atoms with E-state index in [4.69, 9.17) is 4.74 Å². The molecule has 2 aromatic rings. The van der Waals surface area contributed by atoms with E-state index in [1.54, 1.807) is 11.3 Å². The van der Waals surface area contributed by atoms with E-state index in [0.29, 0.717) is 30.7 Å². The molecule has 1 aliphatic rings. The maximum atomic E-state index is 12.5. The van der Waals surface area contributed by atoms with Crippen molar-refractivity contribution in [2.75, 3.05) is 13.2 Å². The number of rotatable bonds is 8. The lowest BCUT2D eigenvalue weighted by atomic mass is 9.90. The fourth-order valence-corrected chi connectivity index (χ4v) is 4.23. The SMILES string of the molecule is O=C(CCCC(=O)c1ccccc1)NC(c1cccs1)C1CCOCC1. The first-order valence-corrected chi connectivity index (χ1v) is 10.1. The highest BCUT2D eigenvalue weighted by molar-refractivity contribution is 7.10. The van der Waals surface area contributed by atoms with Gasteiger partial charge in [-0.3, -0.25) is 9.59 Å². The Morgan fingerprint density at radius 3 is 2.54 bits per heavy atom. The Kier molecular flexibility index (Phi) is 6.97. The second kappa shape index (κ2) is 9.64. The fourth-order valence-electron chi connectivity index (χ4n) is 3.36. The van der Waals surface area contributed by atoms with Crippen LogP contribution in [0.5, 0.6) is 0 Å². The minimum absolute atomic E-state index is 0.0238. The van der Waals surface area contributed by atoms with Gasteiger partial charge in [0.2, 0.25) is 5.91 Å². The molecule has 5 heteroatoms. The van der Waals surface area contributed by atoms with Crippen molar-refractivity contribution in [1.29, 1.82) is 0 Å². The predicted octanol–water partition coefficient (Wildman–Crippen LogP) is 4.39. The van der Waals surface area contributed by atoms with Crippen LogP contribution in [-0.2, 0) is 9.53 Å². The third kappa shape index (κ3) is 5.26. The lowest BCUT2D eigenvalue weighted by molar-refractivity contribution is -0.122. The molecule has 1 aromatic heterocycles. The normalized spacial score (nSPS) is 16.2. The van der Waals surface area contributed by atoms with E-state index in [0.717, 1.165) is 26.1 Å². The van der Waals surface area contributed by atoms with Crippen LogP contribution in [-0.4, -0.2) is 24.9 Å². The van der Waals surface area contributed by atoms with Gasteiger partial charge in [0, 0.05) is 36.5 Å². The summed E-state index contributed by atoms with van der Waals surface area (Å²) in [6.45, 7) is 1.52. The van der Waals surface area contributed by atoms with Crippen LogP contribution in [0.3, 0.4) is 0 Å². The topological polar surface area (TPSA) is 55.4 Å². The maximum absolute atomic E-state index is 12.5. The largest absolute Gasteiger partial charge is 0.381 e. The standard InChI is InChI=1S/C21H25NO3S/c23-18(16-6-2-1-3-7-16)8-4-10-20(24)22-21(19-9-5-15-26-19)17-11-13-25-14-12-17/h1-3,5-7,9,15,17,21H,4,8,10-14H2,(H,22,24). The lowest BCUT2D eigenvalue weighted by Crippen LogP contribution is -2.35. The molecule has 3 rings (SSSR count). The summed E-state index contributed by atoms with van der Waals surface area (Å²) in [5.41, 5.74) is 0.714. The van der Waals surface area contributed by atoms with Gasteiger partial charge in [-0.2, -0.15) is 0 Å². The van der Waals surface area contributed by atoms with Crippen LogP contribution in [0.4, 0.5) is 0 Å². The molecule has 0 saturated carbocycles. The van der Waals surface area contributed by atoms with Crippen LogP contribution in [0.1, 0.15) is 53.4 Å². The Bertz CT molecular complexity index is 693. The molecule has 0 spiro atoms. The van der Waals surface area contributed by atoms with Crippen LogP contribution in [0.15, 0.2) is 47.8 Å². The summed E-state index contributed by atoms with van der Waals surface area (Å²) < 4.78 is 5.46. The average Bonchev–Trinajstić information content (AvgIpc) is 3.22. The molecule has 1 fully saturated rings. The Labute approximate surface area is 158 Å². The van der Waals surface area contributed by atoms with Crippen LogP contribution in [0.2, 0.25) is 0 Å². The van der Waals surface area contributed by atoms with Crippen molar-refractivity contribution >= 4 is 23.0 Å². The van der Waals surface area contributed by atoms with Gasteiger partial charge < -0.3 is 10.1 Å². The van der Waals surface area contributed by atoms with Gasteiger partial charge in [0.05, 0.1) is 6.04 Å². The van der Waals surface area contributed by atoms with Crippen molar-refractivity contribution in [3.05, 3.63) is 58.3 Å². The Morgan fingerprint density at radius 2 is 1.85 bits per heavy atom. The molecule has 0 bridgehead atoms. The minimum atomic E-state index is 0.0238. The third-order valence-electron chi connectivity index (χ3n) is 4.81. The Balaban J connectivity index is 1.50. The van der Waals surface area contributed by atoms with Crippen LogP contribution >= 0.6 is 11.3 Å². The predicted molar refractivity (Wildman–Crippen MR) is 103 cm³/mol. The van der Waals surface area contributed by atoms with Gasteiger partial charge in [0.15, 0.2) is 5.78 Å². The summed E-state index contributed by atoms with van der Waals surface area (Å²) in [6.07, 6.45) is 3.29. The number of Topliss-reactive ketones (excluding diaryl/α,β-unsaturated/α-hetero) is 1. The average molecular weight is 372 g/mol. The highest BCUT2D eigenvalue weighted by Crippen LogP contribution is 2.32. The molecular formula is C21H25NO3S. The molecule has 2 heterocycles. The lowest BCUT2D eigenvalue weighted by Gasteiger charge is -2.30. The van der Waals surface area contributed by atoms with Gasteiger partial charge in [-0.1, -0.05) is 36.4 Å². The zero-order chi connectivity index (χ0) is 18.2. The van der Waals surface area contributed by atoms with Gasteiger partial charge in [0.25, 0.3) is 0 Å². The summed E-state index contributed by atoms with van der Waals surface area (Å²) in [5, 5.41) is 5.26. The molecule has 1 aromatic carbocycles. The number of hydrogen-bond acceptors (Lipinski definition) is 4. The first-order valence-electron chi connectivity index (χ1n) is 9.23. The van der Waals surface area contributed by atoms with Crippen molar-refractivity contribution < 1.29 is 14.3 Å². The van der Waals surface area contributed by atoms with E-state index in [2.05, 4.69) is 11.4 Å². The molecule has 0 radical (unpaired) electrons. The van der Waals surface area contributed by atoms with E-state index >= 15 is 0 Å². The smallest absolute Gasteiger partial charge is 0.220 e.